The van der Waals surface area contributed by atoms with Gasteiger partial charge in [0, 0.05) is 3.57 Å². The molecule has 1 aliphatic heterocycles. The van der Waals surface area contributed by atoms with Crippen molar-refractivity contribution in [3.63, 3.8) is 0 Å². The van der Waals surface area contributed by atoms with E-state index in [2.05, 4.69) is 82.2 Å². The average Bonchev–Trinajstić information content (AvgIpc) is 3.26. The van der Waals surface area contributed by atoms with Gasteiger partial charge in [-0.25, -0.2) is 9.79 Å². The van der Waals surface area contributed by atoms with Crippen LogP contribution in [0.2, 0.25) is 0 Å². The van der Waals surface area contributed by atoms with Crippen molar-refractivity contribution in [3.05, 3.63) is 127 Å². The molecule has 0 N–H and O–H groups in total. The van der Waals surface area contributed by atoms with E-state index in [1.54, 1.807) is 18.4 Å². The SMILES string of the molecule is CCOC(=O)C1=C(C)N=c2s/c(=C\c3cccc(COc4ccc(I)cc4I)c3)c(=O)n2[C@H]1c1ccc(C(C)C)cc1. The molecular weight excluding hydrogens is 774 g/mol. The lowest BCUT2D eigenvalue weighted by molar-refractivity contribution is -0.139. The van der Waals surface area contributed by atoms with Gasteiger partial charge in [0.2, 0.25) is 0 Å². The van der Waals surface area contributed by atoms with Crippen molar-refractivity contribution in [1.82, 2.24) is 4.57 Å². The van der Waals surface area contributed by atoms with E-state index < -0.39 is 12.0 Å². The van der Waals surface area contributed by atoms with Gasteiger partial charge in [0.1, 0.15) is 12.4 Å². The summed E-state index contributed by atoms with van der Waals surface area (Å²) in [5, 5.41) is 0. The number of nitrogens with zero attached hydrogens (tertiary/aromatic N) is 2. The second-order valence-electron chi connectivity index (χ2n) is 10.2. The number of hydrogen-bond donors (Lipinski definition) is 0. The zero-order chi connectivity index (χ0) is 30.0. The predicted octanol–water partition coefficient (Wildman–Crippen LogP) is 6.71. The van der Waals surface area contributed by atoms with Gasteiger partial charge in [0.05, 0.1) is 32.0 Å². The Bertz CT molecular complexity index is 1860. The van der Waals surface area contributed by atoms with Crippen LogP contribution >= 0.6 is 56.5 Å². The van der Waals surface area contributed by atoms with Crippen LogP contribution in [0.15, 0.2) is 87.8 Å². The number of esters is 1. The Morgan fingerprint density at radius 1 is 1.10 bits per heavy atom. The van der Waals surface area contributed by atoms with Crippen LogP contribution < -0.4 is 19.6 Å². The van der Waals surface area contributed by atoms with Crippen molar-refractivity contribution < 1.29 is 14.3 Å². The molecule has 4 aromatic rings. The van der Waals surface area contributed by atoms with Crippen LogP contribution in [-0.4, -0.2) is 17.1 Å². The highest BCUT2D eigenvalue weighted by Crippen LogP contribution is 2.31. The first-order chi connectivity index (χ1) is 20.2. The zero-order valence-corrected chi connectivity index (χ0v) is 28.8. The van der Waals surface area contributed by atoms with Gasteiger partial charge in [-0.2, -0.15) is 0 Å². The average molecular weight is 804 g/mol. The monoisotopic (exact) mass is 804 g/mol. The third-order valence-corrected chi connectivity index (χ3v) is 9.47. The highest BCUT2D eigenvalue weighted by atomic mass is 127. The van der Waals surface area contributed by atoms with Crippen molar-refractivity contribution >= 4 is 68.6 Å². The normalized spacial score (nSPS) is 15.0. The van der Waals surface area contributed by atoms with E-state index in [9.17, 15) is 9.59 Å². The molecule has 0 radical (unpaired) electrons. The molecule has 2 heterocycles. The number of carbonyl (C=O) groups is 1. The van der Waals surface area contributed by atoms with Crippen LogP contribution in [0.3, 0.4) is 0 Å². The number of aromatic nitrogens is 1. The molecule has 0 bridgehead atoms. The number of benzene rings is 3. The Balaban J connectivity index is 1.53. The number of fused-ring (bicyclic) bond motifs is 1. The second-order valence-corrected chi connectivity index (χ2v) is 13.6. The number of carbonyl (C=O) groups excluding carboxylic acids is 1. The van der Waals surface area contributed by atoms with Crippen molar-refractivity contribution in [1.29, 1.82) is 0 Å². The standard InChI is InChI=1S/C33H30I2N2O4S/c1-5-40-32(39)29-20(4)36-33-37(30(29)24-11-9-23(10-12-24)19(2)3)31(38)28(42-33)16-21-7-6-8-22(15-21)18-41-27-14-13-25(34)17-26(27)35/h6-17,19,30H,5,18H2,1-4H3/b28-16-/t30-/m0/s1. The molecule has 0 amide bonds. The van der Waals surface area contributed by atoms with Gasteiger partial charge in [0.25, 0.3) is 5.56 Å². The van der Waals surface area contributed by atoms with E-state index >= 15 is 0 Å². The molecule has 0 aliphatic carbocycles. The fourth-order valence-electron chi connectivity index (χ4n) is 4.85. The van der Waals surface area contributed by atoms with Crippen LogP contribution in [0.1, 0.15) is 61.9 Å². The summed E-state index contributed by atoms with van der Waals surface area (Å²) in [5.41, 5.74) is 4.66. The second kappa shape index (κ2) is 13.3. The fraction of sp³-hybridized carbons (Fsp3) is 0.242. The largest absolute Gasteiger partial charge is 0.488 e. The summed E-state index contributed by atoms with van der Waals surface area (Å²) in [4.78, 5) is 32.4. The van der Waals surface area contributed by atoms with Crippen LogP contribution in [0.4, 0.5) is 0 Å². The lowest BCUT2D eigenvalue weighted by Crippen LogP contribution is -2.39. The van der Waals surface area contributed by atoms with Crippen molar-refractivity contribution in [2.75, 3.05) is 6.61 Å². The molecule has 6 nitrogen and oxygen atoms in total. The third-order valence-electron chi connectivity index (χ3n) is 6.97. The Labute approximate surface area is 276 Å². The Morgan fingerprint density at radius 3 is 2.55 bits per heavy atom. The molecule has 0 spiro atoms. The number of hydrogen-bond acceptors (Lipinski definition) is 6. The highest BCUT2D eigenvalue weighted by Gasteiger charge is 2.33. The number of allylic oxidation sites excluding steroid dienone is 1. The molecule has 5 rings (SSSR count). The Kier molecular flexibility index (Phi) is 9.68. The number of rotatable bonds is 8. The summed E-state index contributed by atoms with van der Waals surface area (Å²) in [6, 6.07) is 21.5. The van der Waals surface area contributed by atoms with E-state index in [4.69, 9.17) is 9.47 Å². The zero-order valence-electron chi connectivity index (χ0n) is 23.7. The minimum absolute atomic E-state index is 0.193. The van der Waals surface area contributed by atoms with Gasteiger partial charge in [-0.15, -0.1) is 0 Å². The van der Waals surface area contributed by atoms with E-state index in [-0.39, 0.29) is 12.2 Å². The van der Waals surface area contributed by atoms with E-state index in [1.165, 1.54) is 16.9 Å². The summed E-state index contributed by atoms with van der Waals surface area (Å²) < 4.78 is 15.9. The molecule has 0 fully saturated rings. The minimum atomic E-state index is -0.625. The first-order valence-corrected chi connectivity index (χ1v) is 16.6. The van der Waals surface area contributed by atoms with Gasteiger partial charge >= 0.3 is 5.97 Å². The maximum Gasteiger partial charge on any atom is 0.338 e. The van der Waals surface area contributed by atoms with Crippen LogP contribution in [0, 0.1) is 7.14 Å². The van der Waals surface area contributed by atoms with Gasteiger partial charge in [0.15, 0.2) is 4.80 Å². The molecule has 0 unspecified atom stereocenters. The molecule has 1 aliphatic rings. The van der Waals surface area contributed by atoms with E-state index in [0.717, 1.165) is 29.6 Å². The summed E-state index contributed by atoms with van der Waals surface area (Å²) in [5.74, 6) is 0.745. The van der Waals surface area contributed by atoms with Crippen molar-refractivity contribution in [2.45, 2.75) is 46.3 Å². The van der Waals surface area contributed by atoms with E-state index in [0.29, 0.717) is 33.1 Å². The maximum absolute atomic E-state index is 14.0. The molecular formula is C33H30I2N2O4S. The predicted molar refractivity (Wildman–Crippen MR) is 184 cm³/mol. The number of ether oxygens (including phenoxy) is 2. The highest BCUT2D eigenvalue weighted by molar-refractivity contribution is 14.1. The first-order valence-electron chi connectivity index (χ1n) is 13.6. The van der Waals surface area contributed by atoms with Gasteiger partial charge < -0.3 is 9.47 Å². The lowest BCUT2D eigenvalue weighted by atomic mass is 9.93. The van der Waals surface area contributed by atoms with Gasteiger partial charge in [-0.1, -0.05) is 67.6 Å². The van der Waals surface area contributed by atoms with Gasteiger partial charge in [-0.05, 0) is 118 Å². The lowest BCUT2D eigenvalue weighted by Gasteiger charge is -2.25. The maximum atomic E-state index is 14.0. The number of thiazole rings is 1. The van der Waals surface area contributed by atoms with Crippen LogP contribution in [-0.2, 0) is 16.1 Å². The summed E-state index contributed by atoms with van der Waals surface area (Å²) >= 11 is 5.89. The summed E-state index contributed by atoms with van der Waals surface area (Å²) in [7, 11) is 0. The smallest absolute Gasteiger partial charge is 0.338 e. The first kappa shape index (κ1) is 30.7. The topological polar surface area (TPSA) is 69.9 Å². The molecule has 0 saturated carbocycles. The van der Waals surface area contributed by atoms with Crippen LogP contribution in [0.25, 0.3) is 6.08 Å². The molecule has 1 atom stereocenters. The molecule has 9 heteroatoms. The van der Waals surface area contributed by atoms with Crippen molar-refractivity contribution in [2.24, 2.45) is 4.99 Å². The molecule has 0 saturated heterocycles. The third kappa shape index (κ3) is 6.57. The van der Waals surface area contributed by atoms with Crippen molar-refractivity contribution in [3.8, 4) is 5.75 Å². The summed E-state index contributed by atoms with van der Waals surface area (Å²) in [6.45, 7) is 8.50. The summed E-state index contributed by atoms with van der Waals surface area (Å²) in [6.07, 6.45) is 1.88. The van der Waals surface area contributed by atoms with Crippen LogP contribution in [0.5, 0.6) is 5.75 Å². The molecule has 42 heavy (non-hydrogen) atoms. The Hall–Kier alpha value is -2.77. The van der Waals surface area contributed by atoms with Gasteiger partial charge in [-0.3, -0.25) is 9.36 Å². The minimum Gasteiger partial charge on any atom is -0.488 e. The Morgan fingerprint density at radius 2 is 1.86 bits per heavy atom. The molecule has 3 aromatic carbocycles. The van der Waals surface area contributed by atoms with E-state index in [1.807, 2.05) is 54.6 Å². The molecule has 1 aromatic heterocycles. The number of halogens is 2. The molecule has 216 valence electrons. The quantitative estimate of drug-likeness (QED) is 0.147. The fourth-order valence-corrected chi connectivity index (χ4v) is 7.65.